The molecule has 0 atom stereocenters. The largest absolute Gasteiger partial charge is 0.492 e. The van der Waals surface area contributed by atoms with Crippen molar-refractivity contribution >= 4 is 23.5 Å². The van der Waals surface area contributed by atoms with Gasteiger partial charge in [-0.25, -0.2) is 4.39 Å². The molecule has 0 amide bonds. The molecule has 0 spiro atoms. The Morgan fingerprint density at radius 3 is 2.71 bits per heavy atom. The summed E-state index contributed by atoms with van der Waals surface area (Å²) in [7, 11) is 0. The van der Waals surface area contributed by atoms with Crippen LogP contribution in [0.5, 0.6) is 5.75 Å². The van der Waals surface area contributed by atoms with Crippen molar-refractivity contribution in [3.63, 3.8) is 0 Å². The zero-order chi connectivity index (χ0) is 13.0. The van der Waals surface area contributed by atoms with Crippen LogP contribution < -0.4 is 4.74 Å². The SMILES string of the molecule is C=Cc1c(F)c(Cl)cc(C(=O)CC)c1OCC. The van der Waals surface area contributed by atoms with Crippen molar-refractivity contribution in [2.75, 3.05) is 6.61 Å². The lowest BCUT2D eigenvalue weighted by atomic mass is 10.0. The maximum atomic E-state index is 13.7. The van der Waals surface area contributed by atoms with E-state index in [-0.39, 0.29) is 22.1 Å². The summed E-state index contributed by atoms with van der Waals surface area (Å²) in [5.41, 5.74) is 0.437. The van der Waals surface area contributed by atoms with Gasteiger partial charge in [-0.1, -0.05) is 31.2 Å². The van der Waals surface area contributed by atoms with Gasteiger partial charge in [0.05, 0.1) is 22.8 Å². The predicted molar refractivity (Wildman–Crippen MR) is 67.3 cm³/mol. The summed E-state index contributed by atoms with van der Waals surface area (Å²) in [6.07, 6.45) is 1.61. The van der Waals surface area contributed by atoms with Gasteiger partial charge in [-0.15, -0.1) is 0 Å². The lowest BCUT2D eigenvalue weighted by molar-refractivity contribution is 0.0984. The number of ether oxygens (including phenoxy) is 1. The van der Waals surface area contributed by atoms with E-state index in [0.29, 0.717) is 18.6 Å². The molecule has 0 radical (unpaired) electrons. The smallest absolute Gasteiger partial charge is 0.166 e. The quantitative estimate of drug-likeness (QED) is 0.741. The van der Waals surface area contributed by atoms with Gasteiger partial charge >= 0.3 is 0 Å². The molecule has 2 nitrogen and oxygen atoms in total. The van der Waals surface area contributed by atoms with Crippen LogP contribution in [0.4, 0.5) is 4.39 Å². The molecule has 0 heterocycles. The topological polar surface area (TPSA) is 26.3 Å². The molecule has 1 rings (SSSR count). The van der Waals surface area contributed by atoms with E-state index in [1.807, 2.05) is 0 Å². The first-order chi connectivity index (χ1) is 8.06. The molecule has 0 aliphatic rings. The van der Waals surface area contributed by atoms with Crippen LogP contribution in [-0.4, -0.2) is 12.4 Å². The number of halogens is 2. The predicted octanol–water partition coefficient (Wildman–Crippen LogP) is 4.11. The molecule has 92 valence electrons. The lowest BCUT2D eigenvalue weighted by Gasteiger charge is -2.13. The summed E-state index contributed by atoms with van der Waals surface area (Å²) in [6.45, 7) is 7.34. The maximum absolute atomic E-state index is 13.7. The van der Waals surface area contributed by atoms with Crippen molar-refractivity contribution in [1.29, 1.82) is 0 Å². The van der Waals surface area contributed by atoms with Gasteiger partial charge in [0.2, 0.25) is 0 Å². The molecule has 0 aromatic heterocycles. The average Bonchev–Trinajstić information content (AvgIpc) is 2.33. The second-order valence-corrected chi connectivity index (χ2v) is 3.78. The van der Waals surface area contributed by atoms with Gasteiger partial charge in [-0.2, -0.15) is 0 Å². The van der Waals surface area contributed by atoms with Crippen molar-refractivity contribution in [3.8, 4) is 5.75 Å². The fourth-order valence-corrected chi connectivity index (χ4v) is 1.72. The summed E-state index contributed by atoms with van der Waals surface area (Å²) < 4.78 is 19.1. The van der Waals surface area contributed by atoms with Gasteiger partial charge in [-0.05, 0) is 13.0 Å². The Kier molecular flexibility index (Phi) is 4.70. The van der Waals surface area contributed by atoms with E-state index in [1.54, 1.807) is 13.8 Å². The maximum Gasteiger partial charge on any atom is 0.166 e. The minimum Gasteiger partial charge on any atom is -0.492 e. The molecule has 0 N–H and O–H groups in total. The molecule has 0 aliphatic heterocycles. The molecule has 1 aromatic rings. The zero-order valence-electron chi connectivity index (χ0n) is 9.85. The minimum absolute atomic E-state index is 0.0971. The lowest BCUT2D eigenvalue weighted by Crippen LogP contribution is -2.06. The Morgan fingerprint density at radius 1 is 1.59 bits per heavy atom. The van der Waals surface area contributed by atoms with Crippen molar-refractivity contribution in [1.82, 2.24) is 0 Å². The Balaban J connectivity index is 3.52. The molecule has 0 bridgehead atoms. The van der Waals surface area contributed by atoms with Crippen LogP contribution >= 0.6 is 11.6 Å². The van der Waals surface area contributed by atoms with Crippen LogP contribution in [0.25, 0.3) is 6.08 Å². The van der Waals surface area contributed by atoms with E-state index in [2.05, 4.69) is 6.58 Å². The second-order valence-electron chi connectivity index (χ2n) is 3.38. The average molecular weight is 257 g/mol. The minimum atomic E-state index is -0.613. The fraction of sp³-hybridized carbons (Fsp3) is 0.308. The van der Waals surface area contributed by atoms with Crippen LogP contribution in [0.1, 0.15) is 36.2 Å². The number of Topliss-reactive ketones (excluding diaryl/α,β-unsaturated/α-hetero) is 1. The molecule has 1 aromatic carbocycles. The van der Waals surface area contributed by atoms with Gasteiger partial charge in [0, 0.05) is 6.42 Å². The first kappa shape index (κ1) is 13.7. The number of benzene rings is 1. The third-order valence-electron chi connectivity index (χ3n) is 2.32. The van der Waals surface area contributed by atoms with E-state index in [4.69, 9.17) is 16.3 Å². The highest BCUT2D eigenvalue weighted by atomic mass is 35.5. The molecule has 0 unspecified atom stereocenters. The number of rotatable bonds is 5. The molecule has 0 fully saturated rings. The summed E-state index contributed by atoms with van der Waals surface area (Å²) >= 11 is 5.74. The van der Waals surface area contributed by atoms with E-state index >= 15 is 0 Å². The van der Waals surface area contributed by atoms with E-state index < -0.39 is 5.82 Å². The van der Waals surface area contributed by atoms with Crippen LogP contribution in [0, 0.1) is 5.82 Å². The first-order valence-electron chi connectivity index (χ1n) is 5.37. The normalized spacial score (nSPS) is 10.1. The number of hydrogen-bond acceptors (Lipinski definition) is 2. The van der Waals surface area contributed by atoms with Crippen molar-refractivity contribution in [2.45, 2.75) is 20.3 Å². The summed E-state index contributed by atoms with van der Waals surface area (Å²) in [4.78, 5) is 11.7. The Bertz CT molecular complexity index is 455. The van der Waals surface area contributed by atoms with Crippen LogP contribution in [-0.2, 0) is 0 Å². The van der Waals surface area contributed by atoms with Gasteiger partial charge < -0.3 is 4.74 Å². The molecule has 4 heteroatoms. The van der Waals surface area contributed by atoms with Gasteiger partial charge in [0.1, 0.15) is 5.75 Å². The molecular weight excluding hydrogens is 243 g/mol. The molecule has 0 aliphatic carbocycles. The van der Waals surface area contributed by atoms with Crippen molar-refractivity contribution in [3.05, 3.63) is 34.6 Å². The fourth-order valence-electron chi connectivity index (χ4n) is 1.51. The monoisotopic (exact) mass is 256 g/mol. The first-order valence-corrected chi connectivity index (χ1v) is 5.74. The van der Waals surface area contributed by atoms with E-state index in [0.717, 1.165) is 0 Å². The third-order valence-corrected chi connectivity index (χ3v) is 2.60. The Hall–Kier alpha value is -1.35. The third kappa shape index (κ3) is 2.67. The molecule has 17 heavy (non-hydrogen) atoms. The highest BCUT2D eigenvalue weighted by Gasteiger charge is 2.20. The van der Waals surface area contributed by atoms with Crippen LogP contribution in [0.15, 0.2) is 12.6 Å². The second kappa shape index (κ2) is 5.82. The van der Waals surface area contributed by atoms with Crippen LogP contribution in [0.3, 0.4) is 0 Å². The highest BCUT2D eigenvalue weighted by Crippen LogP contribution is 2.33. The van der Waals surface area contributed by atoms with Crippen molar-refractivity contribution in [2.24, 2.45) is 0 Å². The number of carbonyl (C=O) groups is 1. The number of ketones is 1. The highest BCUT2D eigenvalue weighted by molar-refractivity contribution is 6.31. The van der Waals surface area contributed by atoms with Crippen molar-refractivity contribution < 1.29 is 13.9 Å². The molecular formula is C13H14ClFO2. The summed E-state index contributed by atoms with van der Waals surface area (Å²) in [6, 6.07) is 1.31. The van der Waals surface area contributed by atoms with Crippen LogP contribution in [0.2, 0.25) is 5.02 Å². The van der Waals surface area contributed by atoms with Gasteiger partial charge in [0.15, 0.2) is 11.6 Å². The standard InChI is InChI=1S/C13H14ClFO2/c1-4-8-12(15)10(14)7-9(11(16)5-2)13(8)17-6-3/h4,7H,1,5-6H2,2-3H3. The molecule has 0 saturated heterocycles. The van der Waals surface area contributed by atoms with Gasteiger partial charge in [-0.3, -0.25) is 4.79 Å². The molecule has 0 saturated carbocycles. The van der Waals surface area contributed by atoms with Gasteiger partial charge in [0.25, 0.3) is 0 Å². The van der Waals surface area contributed by atoms with E-state index in [9.17, 15) is 9.18 Å². The summed E-state index contributed by atoms with van der Waals surface area (Å²) in [5.74, 6) is -0.535. The Labute approximate surface area is 105 Å². The van der Waals surface area contributed by atoms with E-state index in [1.165, 1.54) is 12.1 Å². The number of hydrogen-bond donors (Lipinski definition) is 0. The summed E-state index contributed by atoms with van der Waals surface area (Å²) in [5, 5.41) is -0.0971. The number of carbonyl (C=O) groups excluding carboxylic acids is 1. The zero-order valence-corrected chi connectivity index (χ0v) is 10.6. The Morgan fingerprint density at radius 2 is 2.24 bits per heavy atom.